The lowest BCUT2D eigenvalue weighted by Gasteiger charge is -2.32. The number of methoxy groups -OCH3 is 1. The summed E-state index contributed by atoms with van der Waals surface area (Å²) in [5.41, 5.74) is 1.03. The number of benzene rings is 2. The van der Waals surface area contributed by atoms with Crippen molar-refractivity contribution >= 4 is 27.5 Å². The monoisotopic (exact) mass is 493 g/mol. The second-order valence-corrected chi connectivity index (χ2v) is 10.9. The Balaban J connectivity index is 1.69. The smallest absolute Gasteiger partial charge is 0.251 e. The second kappa shape index (κ2) is 11.3. The fourth-order valence-corrected chi connectivity index (χ4v) is 5.42. The van der Waals surface area contributed by atoms with Crippen LogP contribution in [0.3, 0.4) is 0 Å². The van der Waals surface area contributed by atoms with Gasteiger partial charge in [-0.3, -0.25) is 4.79 Å². The summed E-state index contributed by atoms with van der Waals surface area (Å²) in [6.07, 6.45) is 2.41. The quantitative estimate of drug-likeness (QED) is 0.556. The zero-order valence-electron chi connectivity index (χ0n) is 19.3. The maximum absolute atomic E-state index is 13.0. The first-order chi connectivity index (χ1) is 15.7. The Kier molecular flexibility index (Phi) is 8.75. The van der Waals surface area contributed by atoms with Crippen LogP contribution in [0, 0.1) is 5.92 Å². The number of carbonyl (C=O) groups is 1. The fraction of sp³-hybridized carbons (Fsp3) is 0.458. The summed E-state index contributed by atoms with van der Waals surface area (Å²) in [6.45, 7) is 7.13. The van der Waals surface area contributed by atoms with E-state index >= 15 is 0 Å². The number of amides is 1. The van der Waals surface area contributed by atoms with Gasteiger partial charge in [-0.1, -0.05) is 30.7 Å². The Morgan fingerprint density at radius 3 is 2.64 bits per heavy atom. The van der Waals surface area contributed by atoms with Crippen LogP contribution in [0.25, 0.3) is 0 Å². The molecule has 1 aliphatic rings. The summed E-state index contributed by atoms with van der Waals surface area (Å²) >= 11 is 5.89. The van der Waals surface area contributed by atoms with Gasteiger partial charge in [-0.2, -0.15) is 0 Å². The summed E-state index contributed by atoms with van der Waals surface area (Å²) in [4.78, 5) is 15.1. The largest absolute Gasteiger partial charge is 0.495 e. The lowest BCUT2D eigenvalue weighted by atomic mass is 10.00. The Bertz CT molecular complexity index is 1060. The van der Waals surface area contributed by atoms with Crippen molar-refractivity contribution in [2.24, 2.45) is 5.92 Å². The number of likely N-dealkylation sites (tertiary alicyclic amines) is 1. The number of ether oxygens (including phenoxy) is 1. The number of halogens is 1. The summed E-state index contributed by atoms with van der Waals surface area (Å²) in [7, 11) is -2.52. The number of rotatable bonds is 9. The second-order valence-electron chi connectivity index (χ2n) is 8.70. The number of nitrogens with zero attached hydrogens (tertiary/aromatic N) is 1. The van der Waals surface area contributed by atoms with Crippen LogP contribution in [0.2, 0.25) is 5.02 Å². The van der Waals surface area contributed by atoms with Crippen LogP contribution in [0.15, 0.2) is 47.4 Å². The maximum atomic E-state index is 13.0. The Labute approximate surface area is 201 Å². The molecule has 1 heterocycles. The summed E-state index contributed by atoms with van der Waals surface area (Å²) in [6, 6.07) is 11.3. The van der Waals surface area contributed by atoms with Crippen LogP contribution in [0.5, 0.6) is 5.75 Å². The van der Waals surface area contributed by atoms with Crippen molar-refractivity contribution in [2.45, 2.75) is 44.2 Å². The molecule has 0 aliphatic carbocycles. The van der Waals surface area contributed by atoms with Gasteiger partial charge in [-0.25, -0.2) is 13.1 Å². The number of piperidine rings is 1. The van der Waals surface area contributed by atoms with Crippen LogP contribution < -0.4 is 14.8 Å². The molecule has 180 valence electrons. The van der Waals surface area contributed by atoms with Gasteiger partial charge >= 0.3 is 0 Å². The first kappa shape index (κ1) is 25.5. The van der Waals surface area contributed by atoms with Crippen molar-refractivity contribution in [1.29, 1.82) is 0 Å². The molecule has 0 radical (unpaired) electrons. The van der Waals surface area contributed by atoms with Gasteiger partial charge < -0.3 is 15.0 Å². The molecule has 3 rings (SSSR count). The highest BCUT2D eigenvalue weighted by atomic mass is 35.5. The predicted molar refractivity (Wildman–Crippen MR) is 130 cm³/mol. The summed E-state index contributed by atoms with van der Waals surface area (Å²) in [5, 5.41) is 3.56. The van der Waals surface area contributed by atoms with Crippen LogP contribution in [-0.2, 0) is 16.6 Å². The molecule has 2 N–H and O–H groups in total. The molecular weight excluding hydrogens is 462 g/mol. The summed E-state index contributed by atoms with van der Waals surface area (Å²) in [5.74, 6) is 0.520. The van der Waals surface area contributed by atoms with Gasteiger partial charge in [0.25, 0.3) is 5.91 Å². The number of hydrogen-bond donors (Lipinski definition) is 2. The average molecular weight is 494 g/mol. The lowest BCUT2D eigenvalue weighted by Crippen LogP contribution is -2.45. The van der Waals surface area contributed by atoms with Crippen LogP contribution in [0.4, 0.5) is 0 Å². The molecule has 1 aliphatic heterocycles. The molecule has 33 heavy (non-hydrogen) atoms. The van der Waals surface area contributed by atoms with Gasteiger partial charge in [0.1, 0.15) is 10.6 Å². The van der Waals surface area contributed by atoms with Gasteiger partial charge in [0, 0.05) is 36.3 Å². The van der Waals surface area contributed by atoms with Gasteiger partial charge in [-0.05, 0) is 68.1 Å². The molecular formula is C24H32ClN3O4S. The van der Waals surface area contributed by atoms with Crippen molar-refractivity contribution in [3.05, 3.63) is 58.6 Å². The Morgan fingerprint density at radius 2 is 1.97 bits per heavy atom. The highest BCUT2D eigenvalue weighted by Crippen LogP contribution is 2.25. The van der Waals surface area contributed by atoms with Gasteiger partial charge in [-0.15, -0.1) is 0 Å². The van der Waals surface area contributed by atoms with Crippen molar-refractivity contribution < 1.29 is 17.9 Å². The standard InChI is InChI=1S/C24H32ClN3O4S/c1-17-5-4-12-28(15-17)16-18(2)27-24(29)20-8-11-22(32-3)23(13-20)33(30,31)26-14-19-6-9-21(25)10-7-19/h6-11,13,17-18,26H,4-5,12,14-16H2,1-3H3,(H,27,29). The third-order valence-corrected chi connectivity index (χ3v) is 7.42. The van der Waals surface area contributed by atoms with Crippen molar-refractivity contribution in [3.63, 3.8) is 0 Å². The van der Waals surface area contributed by atoms with E-state index in [9.17, 15) is 13.2 Å². The topological polar surface area (TPSA) is 87.7 Å². The van der Waals surface area contributed by atoms with E-state index in [1.807, 2.05) is 6.92 Å². The molecule has 7 nitrogen and oxygen atoms in total. The van der Waals surface area contributed by atoms with Crippen LogP contribution >= 0.6 is 11.6 Å². The molecule has 2 unspecified atom stereocenters. The van der Waals surface area contributed by atoms with Crippen molar-refractivity contribution in [1.82, 2.24) is 14.9 Å². The average Bonchev–Trinajstić information content (AvgIpc) is 2.78. The van der Waals surface area contributed by atoms with E-state index in [2.05, 4.69) is 21.9 Å². The van der Waals surface area contributed by atoms with Crippen molar-refractivity contribution in [2.75, 3.05) is 26.7 Å². The fourth-order valence-electron chi connectivity index (χ4n) is 4.08. The molecule has 2 aromatic rings. The zero-order chi connectivity index (χ0) is 24.0. The first-order valence-electron chi connectivity index (χ1n) is 11.1. The molecule has 1 saturated heterocycles. The van der Waals surface area contributed by atoms with Crippen LogP contribution in [0.1, 0.15) is 42.6 Å². The van der Waals surface area contributed by atoms with E-state index in [1.165, 1.54) is 32.1 Å². The molecule has 2 atom stereocenters. The maximum Gasteiger partial charge on any atom is 0.251 e. The number of nitrogens with one attached hydrogen (secondary N) is 2. The van der Waals surface area contributed by atoms with Crippen LogP contribution in [-0.4, -0.2) is 52.0 Å². The normalized spacial score (nSPS) is 18.0. The van der Waals surface area contributed by atoms with Gasteiger partial charge in [0.15, 0.2) is 0 Å². The van der Waals surface area contributed by atoms with E-state index < -0.39 is 10.0 Å². The third-order valence-electron chi connectivity index (χ3n) is 5.75. The van der Waals surface area contributed by atoms with Gasteiger partial charge in [0.05, 0.1) is 7.11 Å². The highest BCUT2D eigenvalue weighted by molar-refractivity contribution is 7.89. The number of sulfonamides is 1. The van der Waals surface area contributed by atoms with Crippen molar-refractivity contribution in [3.8, 4) is 5.75 Å². The van der Waals surface area contributed by atoms with E-state index in [0.29, 0.717) is 10.9 Å². The zero-order valence-corrected chi connectivity index (χ0v) is 20.9. The first-order valence-corrected chi connectivity index (χ1v) is 13.0. The minimum atomic E-state index is -3.92. The predicted octanol–water partition coefficient (Wildman–Crippen LogP) is 3.68. The molecule has 2 aromatic carbocycles. The molecule has 0 saturated carbocycles. The van der Waals surface area contributed by atoms with E-state index in [1.54, 1.807) is 30.3 Å². The highest BCUT2D eigenvalue weighted by Gasteiger charge is 2.23. The minimum absolute atomic E-state index is 0.0620. The third kappa shape index (κ3) is 7.17. The minimum Gasteiger partial charge on any atom is -0.495 e. The molecule has 9 heteroatoms. The molecule has 1 fully saturated rings. The lowest BCUT2D eigenvalue weighted by molar-refractivity contribution is 0.0919. The molecule has 0 aromatic heterocycles. The number of hydrogen-bond acceptors (Lipinski definition) is 5. The van der Waals surface area contributed by atoms with E-state index in [-0.39, 0.29) is 34.7 Å². The Morgan fingerprint density at radius 1 is 1.24 bits per heavy atom. The van der Waals surface area contributed by atoms with Gasteiger partial charge in [0.2, 0.25) is 10.0 Å². The molecule has 0 spiro atoms. The van der Waals surface area contributed by atoms with E-state index in [4.69, 9.17) is 16.3 Å². The SMILES string of the molecule is COc1ccc(C(=O)NC(C)CN2CCCC(C)C2)cc1S(=O)(=O)NCc1ccc(Cl)cc1. The molecule has 0 bridgehead atoms. The molecule has 1 amide bonds. The van der Waals surface area contributed by atoms with E-state index in [0.717, 1.165) is 25.2 Å². The summed E-state index contributed by atoms with van der Waals surface area (Å²) < 4.78 is 33.8. The Hall–Kier alpha value is -2.13. The number of carbonyl (C=O) groups excluding carboxylic acids is 1.